The molecule has 0 saturated carbocycles. The molecule has 7 heteroatoms. The van der Waals surface area contributed by atoms with Crippen molar-refractivity contribution in [2.75, 3.05) is 26.2 Å². The number of nitrogens with two attached hydrogens (primary N) is 1. The van der Waals surface area contributed by atoms with Crippen molar-refractivity contribution in [1.29, 1.82) is 0 Å². The number of carbonyl (C=O) groups is 1. The minimum absolute atomic E-state index is 0.0499. The largest absolute Gasteiger partial charge is 0.494 e. The summed E-state index contributed by atoms with van der Waals surface area (Å²) in [6, 6.07) is 19.3. The molecule has 0 aliphatic carbocycles. The molecule has 0 spiro atoms. The van der Waals surface area contributed by atoms with Crippen LogP contribution in [-0.2, 0) is 6.54 Å². The van der Waals surface area contributed by atoms with Crippen LogP contribution in [0.5, 0.6) is 17.2 Å². The Morgan fingerprint density at radius 3 is 2.44 bits per heavy atom. The molecule has 1 aliphatic heterocycles. The van der Waals surface area contributed by atoms with E-state index in [-0.39, 0.29) is 11.6 Å². The second-order valence-corrected chi connectivity index (χ2v) is 10.2. The molecule has 2 N–H and O–H groups in total. The smallest absolute Gasteiger partial charge is 0.195 e. The van der Waals surface area contributed by atoms with Gasteiger partial charge in [0.2, 0.25) is 0 Å². The Labute approximate surface area is 229 Å². The zero-order valence-corrected chi connectivity index (χ0v) is 22.4. The lowest BCUT2D eigenvalue weighted by molar-refractivity contribution is 0.104. The Hall–Kier alpha value is -3.68. The van der Waals surface area contributed by atoms with E-state index < -0.39 is 0 Å². The lowest BCUT2D eigenvalue weighted by atomic mass is 10.0. The molecule has 6 nitrogen and oxygen atoms in total. The van der Waals surface area contributed by atoms with Crippen molar-refractivity contribution in [3.8, 4) is 17.2 Å². The van der Waals surface area contributed by atoms with Crippen molar-refractivity contribution in [3.63, 3.8) is 0 Å². The molecule has 2 heterocycles. The zero-order valence-electron chi connectivity index (χ0n) is 22.4. The van der Waals surface area contributed by atoms with Gasteiger partial charge in [-0.2, -0.15) is 0 Å². The second kappa shape index (κ2) is 12.5. The van der Waals surface area contributed by atoms with Crippen LogP contribution in [0.1, 0.15) is 48.5 Å². The van der Waals surface area contributed by atoms with Crippen molar-refractivity contribution < 1.29 is 18.7 Å². The van der Waals surface area contributed by atoms with Crippen LogP contribution < -0.4 is 15.2 Å². The Balaban J connectivity index is 1.30. The van der Waals surface area contributed by atoms with Crippen molar-refractivity contribution in [3.05, 3.63) is 89.9 Å². The third-order valence-corrected chi connectivity index (χ3v) is 7.21. The van der Waals surface area contributed by atoms with Crippen LogP contribution in [-0.4, -0.2) is 47.5 Å². The Bertz CT molecular complexity index is 1400. The average Bonchev–Trinajstić information content (AvgIpc) is 3.53. The lowest BCUT2D eigenvalue weighted by Gasteiger charge is -2.15. The first-order valence-corrected chi connectivity index (χ1v) is 13.8. The van der Waals surface area contributed by atoms with Crippen molar-refractivity contribution in [2.24, 2.45) is 5.73 Å². The number of aromatic nitrogens is 1. The van der Waals surface area contributed by atoms with E-state index in [1.165, 1.54) is 12.1 Å². The number of halogens is 1. The molecule has 3 aromatic carbocycles. The molecule has 4 aromatic rings. The number of hydrogen-bond acceptors (Lipinski definition) is 5. The molecule has 0 amide bonds. The van der Waals surface area contributed by atoms with Gasteiger partial charge in [-0.3, -0.25) is 4.79 Å². The third kappa shape index (κ3) is 6.67. The normalized spacial score (nSPS) is 15.6. The average molecular weight is 530 g/mol. The summed E-state index contributed by atoms with van der Waals surface area (Å²) < 4.78 is 27.3. The highest BCUT2D eigenvalue weighted by atomic mass is 19.1. The summed E-state index contributed by atoms with van der Waals surface area (Å²) >= 11 is 0. The zero-order chi connectivity index (χ0) is 27.2. The van der Waals surface area contributed by atoms with Gasteiger partial charge in [0, 0.05) is 53.9 Å². The van der Waals surface area contributed by atoms with Crippen molar-refractivity contribution in [1.82, 2.24) is 9.47 Å². The number of rotatable bonds is 12. The standard InChI is InChI=1S/C32H36FN3O3/c1-2-3-17-36-22-30(29-20-28(13-14-31(29)36)39-27-11-7-24(33)8-12-27)32(37)23-5-9-26(10-6-23)38-19-4-16-35-18-15-25(34)21-35/h5-14,20,22,25H,2-4,15-19,21,34H2,1H3/t25-/m1/s1. The van der Waals surface area contributed by atoms with Crippen molar-refractivity contribution in [2.45, 2.75) is 45.2 Å². The highest BCUT2D eigenvalue weighted by Crippen LogP contribution is 2.31. The Morgan fingerprint density at radius 2 is 1.72 bits per heavy atom. The molecule has 1 aliphatic rings. The van der Waals surface area contributed by atoms with E-state index in [4.69, 9.17) is 15.2 Å². The predicted octanol–water partition coefficient (Wildman–Crippen LogP) is 6.41. The maximum Gasteiger partial charge on any atom is 0.195 e. The number of ether oxygens (including phenoxy) is 2. The van der Waals surface area contributed by atoms with Crippen LogP contribution in [0.4, 0.5) is 4.39 Å². The highest BCUT2D eigenvalue weighted by molar-refractivity contribution is 6.16. The van der Waals surface area contributed by atoms with Crippen LogP contribution in [0.3, 0.4) is 0 Å². The quantitative estimate of drug-likeness (QED) is 0.170. The van der Waals surface area contributed by atoms with Crippen molar-refractivity contribution >= 4 is 16.7 Å². The minimum Gasteiger partial charge on any atom is -0.494 e. The Morgan fingerprint density at radius 1 is 0.974 bits per heavy atom. The molecule has 1 fully saturated rings. The van der Waals surface area contributed by atoms with Gasteiger partial charge in [0.15, 0.2) is 5.78 Å². The summed E-state index contributed by atoms with van der Waals surface area (Å²) in [4.78, 5) is 16.0. The molecule has 1 aromatic heterocycles. The first-order valence-electron chi connectivity index (χ1n) is 13.8. The van der Waals surface area contributed by atoms with E-state index in [0.717, 1.165) is 68.5 Å². The maximum absolute atomic E-state index is 13.6. The van der Waals surface area contributed by atoms with Gasteiger partial charge in [-0.25, -0.2) is 4.39 Å². The number of carbonyl (C=O) groups excluding carboxylic acids is 1. The fourth-order valence-corrected chi connectivity index (χ4v) is 5.07. The van der Waals surface area contributed by atoms with Crippen LogP contribution in [0, 0.1) is 5.82 Å². The lowest BCUT2D eigenvalue weighted by Crippen LogP contribution is -2.28. The molecule has 1 saturated heterocycles. The monoisotopic (exact) mass is 529 g/mol. The van der Waals surface area contributed by atoms with Gasteiger partial charge in [-0.1, -0.05) is 13.3 Å². The van der Waals surface area contributed by atoms with Gasteiger partial charge in [0.25, 0.3) is 0 Å². The fourth-order valence-electron chi connectivity index (χ4n) is 5.07. The van der Waals surface area contributed by atoms with Crippen LogP contribution in [0.25, 0.3) is 10.9 Å². The fraction of sp³-hybridized carbons (Fsp3) is 0.344. The van der Waals surface area contributed by atoms with Gasteiger partial charge < -0.3 is 24.7 Å². The number of aryl methyl sites for hydroxylation is 1. The summed E-state index contributed by atoms with van der Waals surface area (Å²) in [5.41, 5.74) is 8.19. The molecule has 0 unspecified atom stereocenters. The van der Waals surface area contributed by atoms with Gasteiger partial charge in [-0.05, 0) is 92.5 Å². The molecule has 39 heavy (non-hydrogen) atoms. The van der Waals surface area contributed by atoms with Gasteiger partial charge >= 0.3 is 0 Å². The number of ketones is 1. The molecule has 0 radical (unpaired) electrons. The van der Waals surface area contributed by atoms with E-state index in [2.05, 4.69) is 16.4 Å². The predicted molar refractivity (Wildman–Crippen MR) is 152 cm³/mol. The molecule has 0 bridgehead atoms. The topological polar surface area (TPSA) is 69.7 Å². The number of fused-ring (bicyclic) bond motifs is 1. The molecule has 5 rings (SSSR count). The number of benzene rings is 3. The van der Waals surface area contributed by atoms with Crippen LogP contribution >= 0.6 is 0 Å². The minimum atomic E-state index is -0.317. The van der Waals surface area contributed by atoms with E-state index >= 15 is 0 Å². The second-order valence-electron chi connectivity index (χ2n) is 10.2. The van der Waals surface area contributed by atoms with Crippen LogP contribution in [0.15, 0.2) is 72.9 Å². The van der Waals surface area contributed by atoms with Gasteiger partial charge in [0.1, 0.15) is 23.1 Å². The summed E-state index contributed by atoms with van der Waals surface area (Å²) in [5, 5.41) is 0.831. The number of hydrogen-bond donors (Lipinski definition) is 1. The summed E-state index contributed by atoms with van der Waals surface area (Å²) in [7, 11) is 0. The maximum atomic E-state index is 13.6. The number of unbranched alkanes of at least 4 members (excludes halogenated alkanes) is 1. The first kappa shape index (κ1) is 26.9. The Kier molecular flexibility index (Phi) is 8.59. The van der Waals surface area contributed by atoms with E-state index in [1.807, 2.05) is 48.7 Å². The number of likely N-dealkylation sites (tertiary alicyclic amines) is 1. The van der Waals surface area contributed by atoms with Gasteiger partial charge in [-0.15, -0.1) is 0 Å². The van der Waals surface area contributed by atoms with Crippen LogP contribution in [0.2, 0.25) is 0 Å². The van der Waals surface area contributed by atoms with E-state index in [1.54, 1.807) is 12.1 Å². The van der Waals surface area contributed by atoms with E-state index in [0.29, 0.717) is 35.3 Å². The highest BCUT2D eigenvalue weighted by Gasteiger charge is 2.19. The number of nitrogens with zero attached hydrogens (tertiary/aromatic N) is 2. The third-order valence-electron chi connectivity index (χ3n) is 7.21. The first-order chi connectivity index (χ1) is 19.0. The molecule has 204 valence electrons. The van der Waals surface area contributed by atoms with Gasteiger partial charge in [0.05, 0.1) is 6.61 Å². The SMILES string of the molecule is CCCCn1cc(C(=O)c2ccc(OCCCN3CC[C@@H](N)C3)cc2)c2cc(Oc3ccc(F)cc3)ccc21. The summed E-state index contributed by atoms with van der Waals surface area (Å²) in [6.45, 7) is 6.62. The summed E-state index contributed by atoms with van der Waals surface area (Å²) in [6.07, 6.45) is 6.02. The molecule has 1 atom stereocenters. The molecular formula is C32H36FN3O3. The summed E-state index contributed by atoms with van der Waals surface area (Å²) in [5.74, 6) is 1.52. The van der Waals surface area contributed by atoms with E-state index in [9.17, 15) is 9.18 Å². The molecular weight excluding hydrogens is 493 g/mol.